The van der Waals surface area contributed by atoms with Crippen molar-refractivity contribution in [1.29, 1.82) is 0 Å². The second-order valence-electron chi connectivity index (χ2n) is 5.79. The Morgan fingerprint density at radius 2 is 2.00 bits per heavy atom. The van der Waals surface area contributed by atoms with Gasteiger partial charge in [-0.05, 0) is 23.8 Å². The van der Waals surface area contributed by atoms with E-state index in [1.807, 2.05) is 0 Å². The Labute approximate surface area is 91.4 Å². The van der Waals surface area contributed by atoms with E-state index in [0.717, 1.165) is 30.5 Å². The molecule has 0 radical (unpaired) electrons. The van der Waals surface area contributed by atoms with Gasteiger partial charge in [-0.15, -0.1) is 0 Å². The monoisotopic (exact) mass is 205 g/mol. The second-order valence-corrected chi connectivity index (χ2v) is 5.79. The SMILES string of the molecule is C=C1NC(=O)C2(CCC2)/C1=C/C(C)(C)C. The first-order valence-corrected chi connectivity index (χ1v) is 5.59. The molecule has 2 fully saturated rings. The van der Waals surface area contributed by atoms with Gasteiger partial charge in [-0.3, -0.25) is 4.79 Å². The van der Waals surface area contributed by atoms with E-state index in [4.69, 9.17) is 0 Å². The van der Waals surface area contributed by atoms with Crippen molar-refractivity contribution in [2.45, 2.75) is 40.0 Å². The number of amides is 1. The van der Waals surface area contributed by atoms with E-state index in [1.54, 1.807) is 0 Å². The first-order valence-electron chi connectivity index (χ1n) is 5.59. The standard InChI is InChI=1S/C13H19NO/c1-9-10(8-12(2,3)4)13(6-5-7-13)11(15)14-9/h8H,1,5-7H2,2-4H3,(H,14,15)/b10-8+. The number of hydrogen-bond acceptors (Lipinski definition) is 1. The lowest BCUT2D eigenvalue weighted by Crippen LogP contribution is -2.38. The van der Waals surface area contributed by atoms with Gasteiger partial charge in [0.2, 0.25) is 5.91 Å². The summed E-state index contributed by atoms with van der Waals surface area (Å²) in [6, 6.07) is 0. The van der Waals surface area contributed by atoms with Crippen LogP contribution in [-0.2, 0) is 4.79 Å². The molecule has 0 bridgehead atoms. The average Bonchev–Trinajstić information content (AvgIpc) is 2.19. The Morgan fingerprint density at radius 3 is 2.40 bits per heavy atom. The zero-order valence-electron chi connectivity index (χ0n) is 9.81. The number of rotatable bonds is 0. The zero-order valence-corrected chi connectivity index (χ0v) is 9.81. The molecule has 1 saturated heterocycles. The highest BCUT2D eigenvalue weighted by Crippen LogP contribution is 2.53. The van der Waals surface area contributed by atoms with Gasteiger partial charge in [-0.25, -0.2) is 0 Å². The van der Waals surface area contributed by atoms with Crippen LogP contribution in [0.3, 0.4) is 0 Å². The number of nitrogens with one attached hydrogen (secondary N) is 1. The third kappa shape index (κ3) is 1.52. The molecule has 0 aromatic heterocycles. The maximum Gasteiger partial charge on any atom is 0.235 e. The molecule has 2 aliphatic rings. The molecule has 2 nitrogen and oxygen atoms in total. The summed E-state index contributed by atoms with van der Waals surface area (Å²) in [7, 11) is 0. The predicted molar refractivity (Wildman–Crippen MR) is 61.1 cm³/mol. The van der Waals surface area contributed by atoms with Crippen molar-refractivity contribution < 1.29 is 4.79 Å². The molecular formula is C13H19NO. The van der Waals surface area contributed by atoms with Gasteiger partial charge in [0.05, 0.1) is 5.41 Å². The Bertz CT molecular complexity index is 353. The number of carbonyl (C=O) groups excluding carboxylic acids is 1. The van der Waals surface area contributed by atoms with E-state index in [2.05, 4.69) is 38.7 Å². The predicted octanol–water partition coefficient (Wildman–Crippen LogP) is 2.77. The van der Waals surface area contributed by atoms with Gasteiger partial charge >= 0.3 is 0 Å². The van der Waals surface area contributed by atoms with Crippen molar-refractivity contribution in [2.75, 3.05) is 0 Å². The quantitative estimate of drug-likeness (QED) is 0.647. The lowest BCUT2D eigenvalue weighted by atomic mass is 9.64. The highest BCUT2D eigenvalue weighted by molar-refractivity contribution is 5.94. The van der Waals surface area contributed by atoms with Crippen molar-refractivity contribution in [3.8, 4) is 0 Å². The van der Waals surface area contributed by atoms with E-state index in [1.165, 1.54) is 0 Å². The van der Waals surface area contributed by atoms with Crippen molar-refractivity contribution in [2.24, 2.45) is 10.8 Å². The molecule has 0 atom stereocenters. The number of carbonyl (C=O) groups is 1. The van der Waals surface area contributed by atoms with Crippen LogP contribution in [0.15, 0.2) is 23.9 Å². The second kappa shape index (κ2) is 2.97. The minimum atomic E-state index is -0.218. The minimum Gasteiger partial charge on any atom is -0.326 e. The third-order valence-electron chi connectivity index (χ3n) is 3.32. The Hall–Kier alpha value is -1.05. The van der Waals surface area contributed by atoms with Crippen molar-refractivity contribution >= 4 is 5.91 Å². The van der Waals surface area contributed by atoms with Crippen LogP contribution < -0.4 is 5.32 Å². The van der Waals surface area contributed by atoms with Gasteiger partial charge in [0.25, 0.3) is 0 Å². The lowest BCUT2D eigenvalue weighted by Gasteiger charge is -2.37. The maximum absolute atomic E-state index is 11.9. The van der Waals surface area contributed by atoms with E-state index < -0.39 is 0 Å². The van der Waals surface area contributed by atoms with E-state index in [9.17, 15) is 4.79 Å². The summed E-state index contributed by atoms with van der Waals surface area (Å²) in [5, 5.41) is 2.88. The van der Waals surface area contributed by atoms with Crippen LogP contribution >= 0.6 is 0 Å². The fourth-order valence-corrected chi connectivity index (χ4v) is 2.42. The molecule has 0 aromatic rings. The molecule has 1 aliphatic carbocycles. The summed E-state index contributed by atoms with van der Waals surface area (Å²) in [5.74, 6) is 0.161. The Balaban J connectivity index is 2.41. The molecule has 1 aliphatic heterocycles. The van der Waals surface area contributed by atoms with Gasteiger partial charge < -0.3 is 5.32 Å². The highest BCUT2D eigenvalue weighted by atomic mass is 16.2. The van der Waals surface area contributed by atoms with Crippen molar-refractivity contribution in [3.05, 3.63) is 23.9 Å². The van der Waals surface area contributed by atoms with Crippen LogP contribution in [0.2, 0.25) is 0 Å². The normalized spacial score (nSPS) is 27.0. The molecule has 1 saturated carbocycles. The van der Waals surface area contributed by atoms with Crippen LogP contribution in [0, 0.1) is 10.8 Å². The van der Waals surface area contributed by atoms with Gasteiger partial charge in [0, 0.05) is 5.70 Å². The third-order valence-corrected chi connectivity index (χ3v) is 3.32. The first kappa shape index (κ1) is 10.5. The van der Waals surface area contributed by atoms with Crippen molar-refractivity contribution in [3.63, 3.8) is 0 Å². The van der Waals surface area contributed by atoms with E-state index in [-0.39, 0.29) is 16.7 Å². The lowest BCUT2D eigenvalue weighted by molar-refractivity contribution is -0.129. The van der Waals surface area contributed by atoms with Crippen LogP contribution in [-0.4, -0.2) is 5.91 Å². The fraction of sp³-hybridized carbons (Fsp3) is 0.615. The topological polar surface area (TPSA) is 29.1 Å². The molecule has 82 valence electrons. The molecule has 1 amide bonds. The summed E-state index contributed by atoms with van der Waals surface area (Å²) in [6.07, 6.45) is 5.33. The van der Waals surface area contributed by atoms with Gasteiger partial charge in [0.1, 0.15) is 0 Å². The largest absolute Gasteiger partial charge is 0.326 e. The van der Waals surface area contributed by atoms with Crippen LogP contribution in [0.5, 0.6) is 0 Å². The van der Waals surface area contributed by atoms with Crippen LogP contribution in [0.25, 0.3) is 0 Å². The molecule has 1 spiro atoms. The molecule has 15 heavy (non-hydrogen) atoms. The Kier molecular flexibility index (Phi) is 2.07. The zero-order chi connectivity index (χ0) is 11.3. The summed E-state index contributed by atoms with van der Waals surface area (Å²) < 4.78 is 0. The molecule has 2 heteroatoms. The summed E-state index contributed by atoms with van der Waals surface area (Å²) in [5.41, 5.74) is 1.85. The maximum atomic E-state index is 11.9. The molecule has 0 unspecified atom stereocenters. The van der Waals surface area contributed by atoms with E-state index in [0.29, 0.717) is 0 Å². The van der Waals surface area contributed by atoms with Gasteiger partial charge in [0.15, 0.2) is 0 Å². The van der Waals surface area contributed by atoms with Gasteiger partial charge in [-0.2, -0.15) is 0 Å². The number of allylic oxidation sites excluding steroid dienone is 2. The average molecular weight is 205 g/mol. The summed E-state index contributed by atoms with van der Waals surface area (Å²) in [6.45, 7) is 10.4. The molecular weight excluding hydrogens is 186 g/mol. The Morgan fingerprint density at radius 1 is 1.40 bits per heavy atom. The first-order chi connectivity index (χ1) is 6.85. The van der Waals surface area contributed by atoms with Crippen LogP contribution in [0.1, 0.15) is 40.0 Å². The molecule has 1 heterocycles. The fourth-order valence-electron chi connectivity index (χ4n) is 2.42. The van der Waals surface area contributed by atoms with Crippen molar-refractivity contribution in [1.82, 2.24) is 5.32 Å². The molecule has 2 rings (SSSR count). The number of hydrogen-bond donors (Lipinski definition) is 1. The van der Waals surface area contributed by atoms with E-state index >= 15 is 0 Å². The summed E-state index contributed by atoms with van der Waals surface area (Å²) >= 11 is 0. The highest BCUT2D eigenvalue weighted by Gasteiger charge is 2.52. The smallest absolute Gasteiger partial charge is 0.235 e. The summed E-state index contributed by atoms with van der Waals surface area (Å²) in [4.78, 5) is 11.9. The molecule has 1 N–H and O–H groups in total. The van der Waals surface area contributed by atoms with Gasteiger partial charge in [-0.1, -0.05) is 39.8 Å². The minimum absolute atomic E-state index is 0.104. The van der Waals surface area contributed by atoms with Crippen LogP contribution in [0.4, 0.5) is 0 Å². The molecule has 0 aromatic carbocycles.